The van der Waals surface area contributed by atoms with Crippen molar-refractivity contribution >= 4 is 33.6 Å². The van der Waals surface area contributed by atoms with Gasteiger partial charge in [0.2, 0.25) is 0 Å². The lowest BCUT2D eigenvalue weighted by molar-refractivity contribution is -0.146. The smallest absolute Gasteiger partial charge is 0.323 e. The van der Waals surface area contributed by atoms with Gasteiger partial charge in [0.25, 0.3) is 0 Å². The standard InChI is InChI=1S/C26H40N2O4S2/c1-9-32-25(29)23(18(4)5)27-16-19-10-12-20(13-11-19)22-15-21(14-17(2)3)33-24(22)28(34(30)31)26(6,7)8/h10-13,15,17-18,23,27H,9,14,16H2,1-8H3,(H,30,31)/p-1. The van der Waals surface area contributed by atoms with Crippen LogP contribution in [-0.4, -0.2) is 32.9 Å². The summed E-state index contributed by atoms with van der Waals surface area (Å²) in [6.07, 6.45) is 0.896. The molecule has 1 aromatic heterocycles. The van der Waals surface area contributed by atoms with E-state index < -0.39 is 16.8 Å². The molecule has 2 rings (SSSR count). The van der Waals surface area contributed by atoms with Crippen LogP contribution in [0.3, 0.4) is 0 Å². The van der Waals surface area contributed by atoms with Crippen LogP contribution in [0.4, 0.5) is 5.00 Å². The molecule has 1 heterocycles. The fourth-order valence-electron chi connectivity index (χ4n) is 3.74. The predicted molar refractivity (Wildman–Crippen MR) is 142 cm³/mol. The fourth-order valence-corrected chi connectivity index (χ4v) is 6.20. The van der Waals surface area contributed by atoms with Crippen LogP contribution in [0.1, 0.15) is 65.8 Å². The van der Waals surface area contributed by atoms with Crippen LogP contribution in [0.15, 0.2) is 30.3 Å². The molecule has 0 saturated heterocycles. The molecule has 2 aromatic rings. The van der Waals surface area contributed by atoms with Gasteiger partial charge in [-0.1, -0.05) is 52.0 Å². The summed E-state index contributed by atoms with van der Waals surface area (Å²) in [6.45, 7) is 16.7. The highest BCUT2D eigenvalue weighted by Crippen LogP contribution is 2.43. The van der Waals surface area contributed by atoms with Crippen molar-refractivity contribution in [1.29, 1.82) is 0 Å². The molecule has 8 heteroatoms. The maximum absolute atomic E-state index is 12.2. The Morgan fingerprint density at radius 3 is 2.26 bits per heavy atom. The molecule has 0 bridgehead atoms. The first kappa shape index (κ1) is 28.5. The fraction of sp³-hybridized carbons (Fsp3) is 0.577. The van der Waals surface area contributed by atoms with E-state index in [1.807, 2.05) is 65.8 Å². The maximum Gasteiger partial charge on any atom is 0.323 e. The summed E-state index contributed by atoms with van der Waals surface area (Å²) in [5.41, 5.74) is 2.35. The molecular weight excluding hydrogens is 468 g/mol. The highest BCUT2D eigenvalue weighted by atomic mass is 32.2. The van der Waals surface area contributed by atoms with Crippen molar-refractivity contribution in [3.63, 3.8) is 0 Å². The van der Waals surface area contributed by atoms with E-state index in [0.717, 1.165) is 28.1 Å². The van der Waals surface area contributed by atoms with E-state index in [1.165, 1.54) is 9.18 Å². The van der Waals surface area contributed by atoms with Crippen LogP contribution >= 0.6 is 11.3 Å². The number of anilines is 1. The molecule has 0 amide bonds. The number of esters is 1. The molecule has 1 N–H and O–H groups in total. The molecule has 0 aliphatic rings. The number of rotatable bonds is 11. The summed E-state index contributed by atoms with van der Waals surface area (Å²) in [5, 5.41) is 4.05. The van der Waals surface area contributed by atoms with Gasteiger partial charge in [0.15, 0.2) is 0 Å². The Morgan fingerprint density at radius 1 is 1.18 bits per heavy atom. The summed E-state index contributed by atoms with van der Waals surface area (Å²) in [5.74, 6) is 0.354. The first-order chi connectivity index (χ1) is 15.8. The van der Waals surface area contributed by atoms with Crippen LogP contribution < -0.4 is 9.62 Å². The van der Waals surface area contributed by atoms with Crippen LogP contribution in [0.5, 0.6) is 0 Å². The van der Waals surface area contributed by atoms with Crippen LogP contribution in [0.2, 0.25) is 0 Å². The number of carbonyl (C=O) groups excluding carboxylic acids is 1. The summed E-state index contributed by atoms with van der Waals surface area (Å²) in [4.78, 5) is 13.4. The van der Waals surface area contributed by atoms with E-state index in [4.69, 9.17) is 4.74 Å². The van der Waals surface area contributed by atoms with Gasteiger partial charge in [-0.05, 0) is 63.1 Å². The minimum atomic E-state index is -2.39. The lowest BCUT2D eigenvalue weighted by Crippen LogP contribution is -2.42. The van der Waals surface area contributed by atoms with Crippen molar-refractivity contribution < 1.29 is 18.3 Å². The number of hydrogen-bond donors (Lipinski definition) is 1. The van der Waals surface area contributed by atoms with E-state index in [1.54, 1.807) is 11.3 Å². The number of ether oxygens (including phenoxy) is 1. The second-order valence-corrected chi connectivity index (χ2v) is 12.2. The van der Waals surface area contributed by atoms with Gasteiger partial charge in [0.1, 0.15) is 11.0 Å². The number of thiophene rings is 1. The van der Waals surface area contributed by atoms with E-state index in [-0.39, 0.29) is 17.9 Å². The first-order valence-electron chi connectivity index (χ1n) is 11.9. The van der Waals surface area contributed by atoms with E-state index in [9.17, 15) is 13.6 Å². The summed E-state index contributed by atoms with van der Waals surface area (Å²) >= 11 is -0.846. The van der Waals surface area contributed by atoms with E-state index >= 15 is 0 Å². The molecule has 1 aromatic carbocycles. The molecule has 0 spiro atoms. The second kappa shape index (κ2) is 12.3. The lowest BCUT2D eigenvalue weighted by Gasteiger charge is -2.38. The van der Waals surface area contributed by atoms with Crippen molar-refractivity contribution in [1.82, 2.24) is 5.32 Å². The number of benzene rings is 1. The average Bonchev–Trinajstić information content (AvgIpc) is 3.09. The monoisotopic (exact) mass is 507 g/mol. The summed E-state index contributed by atoms with van der Waals surface area (Å²) in [7, 11) is 0. The minimum absolute atomic E-state index is 0.113. The molecule has 2 unspecified atom stereocenters. The Hall–Kier alpha value is -1.74. The molecule has 0 aliphatic carbocycles. The first-order valence-corrected chi connectivity index (χ1v) is 13.7. The number of nitrogens with one attached hydrogen (secondary N) is 1. The molecule has 190 valence electrons. The van der Waals surface area contributed by atoms with Gasteiger partial charge in [0.05, 0.1) is 6.61 Å². The number of hydrogen-bond acceptors (Lipinski definition) is 6. The van der Waals surface area contributed by atoms with Crippen LogP contribution in [-0.2, 0) is 33.8 Å². The number of carbonyl (C=O) groups is 1. The quantitative estimate of drug-likeness (QED) is 0.312. The Labute approximate surface area is 211 Å². The Balaban J connectivity index is 2.34. The Morgan fingerprint density at radius 2 is 1.79 bits per heavy atom. The number of nitrogens with zero attached hydrogens (tertiary/aromatic N) is 1. The Kier molecular flexibility index (Phi) is 10.3. The summed E-state index contributed by atoms with van der Waals surface area (Å²) < 4.78 is 31.1. The van der Waals surface area contributed by atoms with Gasteiger partial charge >= 0.3 is 5.97 Å². The molecule has 34 heavy (non-hydrogen) atoms. The van der Waals surface area contributed by atoms with Gasteiger partial charge in [-0.15, -0.1) is 11.3 Å². The van der Waals surface area contributed by atoms with Crippen molar-refractivity contribution in [3.05, 3.63) is 40.8 Å². The van der Waals surface area contributed by atoms with Crippen molar-refractivity contribution in [3.8, 4) is 11.1 Å². The SMILES string of the molecule is CCOC(=O)C(NCc1ccc(-c2cc(CC(C)C)sc2N(S(=O)[O-])C(C)(C)C)cc1)C(C)C. The molecule has 0 aliphatic heterocycles. The van der Waals surface area contributed by atoms with Crippen LogP contribution in [0.25, 0.3) is 11.1 Å². The van der Waals surface area contributed by atoms with E-state index in [0.29, 0.717) is 19.1 Å². The third-order valence-electron chi connectivity index (χ3n) is 5.31. The third-order valence-corrected chi connectivity index (χ3v) is 7.60. The zero-order valence-corrected chi connectivity index (χ0v) is 23.3. The second-order valence-electron chi connectivity index (χ2n) is 10.3. The normalized spacial score (nSPS) is 13.9. The lowest BCUT2D eigenvalue weighted by atomic mass is 10.0. The largest absolute Gasteiger partial charge is 0.755 e. The molecule has 6 nitrogen and oxygen atoms in total. The minimum Gasteiger partial charge on any atom is -0.755 e. The molecule has 2 atom stereocenters. The zero-order chi connectivity index (χ0) is 25.6. The van der Waals surface area contributed by atoms with Gasteiger partial charge in [0, 0.05) is 33.8 Å². The molecule has 0 fully saturated rings. The third kappa shape index (κ3) is 7.63. The van der Waals surface area contributed by atoms with Crippen molar-refractivity contribution in [2.75, 3.05) is 10.9 Å². The Bertz CT molecular complexity index is 962. The maximum atomic E-state index is 12.2. The topological polar surface area (TPSA) is 81.7 Å². The van der Waals surface area contributed by atoms with E-state index in [2.05, 4.69) is 25.2 Å². The van der Waals surface area contributed by atoms with Crippen molar-refractivity contribution in [2.24, 2.45) is 11.8 Å². The zero-order valence-electron chi connectivity index (χ0n) is 21.6. The average molecular weight is 508 g/mol. The van der Waals surface area contributed by atoms with Crippen molar-refractivity contribution in [2.45, 2.75) is 79.9 Å². The highest BCUT2D eigenvalue weighted by molar-refractivity contribution is 7.81. The predicted octanol–water partition coefficient (Wildman–Crippen LogP) is 5.69. The molecule has 0 radical (unpaired) electrons. The molecule has 0 saturated carbocycles. The van der Waals surface area contributed by atoms with Crippen LogP contribution in [0, 0.1) is 11.8 Å². The van der Waals surface area contributed by atoms with Gasteiger partial charge in [-0.2, -0.15) is 0 Å². The summed E-state index contributed by atoms with van der Waals surface area (Å²) in [6, 6.07) is 9.83. The van der Waals surface area contributed by atoms with Gasteiger partial charge in [-0.3, -0.25) is 13.3 Å². The van der Waals surface area contributed by atoms with Gasteiger partial charge in [-0.25, -0.2) is 0 Å². The highest BCUT2D eigenvalue weighted by Gasteiger charge is 2.28. The molecular formula is C26H39N2O4S2-. The van der Waals surface area contributed by atoms with Gasteiger partial charge < -0.3 is 14.6 Å².